The number of carboxylic acid groups (broad SMARTS) is 1. The van der Waals surface area contributed by atoms with Crippen molar-refractivity contribution in [3.05, 3.63) is 51.5 Å². The van der Waals surface area contributed by atoms with E-state index >= 15 is 0 Å². The van der Waals surface area contributed by atoms with Crippen LogP contribution in [0.1, 0.15) is 35.2 Å². The predicted octanol–water partition coefficient (Wildman–Crippen LogP) is 2.81. The van der Waals surface area contributed by atoms with Crippen LogP contribution in [0.4, 0.5) is 0 Å². The van der Waals surface area contributed by atoms with Gasteiger partial charge in [0.25, 0.3) is 0 Å². The standard InChI is InChI=1S/C17H20N2O2S/c20-17(21)15(9-12-6-8-22-11-12)19-10-16-14-4-2-1-3-13(14)5-7-18-16/h5-8,11,15,19H,1-4,9-10H2,(H,20,21). The normalized spacial score (nSPS) is 15.3. The van der Waals surface area contributed by atoms with E-state index in [1.54, 1.807) is 11.3 Å². The van der Waals surface area contributed by atoms with Gasteiger partial charge < -0.3 is 5.11 Å². The monoisotopic (exact) mass is 316 g/mol. The van der Waals surface area contributed by atoms with Gasteiger partial charge in [0.1, 0.15) is 6.04 Å². The van der Waals surface area contributed by atoms with Gasteiger partial charge in [-0.1, -0.05) is 0 Å². The average Bonchev–Trinajstić information content (AvgIpc) is 3.04. The summed E-state index contributed by atoms with van der Waals surface area (Å²) in [6, 6.07) is 3.50. The summed E-state index contributed by atoms with van der Waals surface area (Å²) in [6.45, 7) is 0.518. The van der Waals surface area contributed by atoms with Crippen LogP contribution in [0.15, 0.2) is 29.1 Å². The van der Waals surface area contributed by atoms with Gasteiger partial charge in [0.2, 0.25) is 0 Å². The molecule has 0 bridgehead atoms. The van der Waals surface area contributed by atoms with Gasteiger partial charge in [-0.15, -0.1) is 0 Å². The molecule has 1 aliphatic carbocycles. The van der Waals surface area contributed by atoms with Crippen LogP contribution < -0.4 is 5.32 Å². The maximum Gasteiger partial charge on any atom is 0.321 e. The summed E-state index contributed by atoms with van der Waals surface area (Å²) >= 11 is 1.59. The van der Waals surface area contributed by atoms with Crippen molar-refractivity contribution in [2.45, 2.75) is 44.7 Å². The maximum atomic E-state index is 11.5. The number of nitrogens with one attached hydrogen (secondary N) is 1. The number of aliphatic carboxylic acids is 1. The first-order valence-electron chi connectivity index (χ1n) is 7.67. The zero-order chi connectivity index (χ0) is 15.4. The van der Waals surface area contributed by atoms with Crippen LogP contribution in [0, 0.1) is 0 Å². The minimum absolute atomic E-state index is 0.508. The molecule has 5 heteroatoms. The summed E-state index contributed by atoms with van der Waals surface area (Å²) in [5, 5.41) is 16.6. The van der Waals surface area contributed by atoms with Crippen molar-refractivity contribution in [2.24, 2.45) is 0 Å². The largest absolute Gasteiger partial charge is 0.480 e. The Kier molecular flexibility index (Phi) is 4.85. The van der Waals surface area contributed by atoms with E-state index in [1.807, 2.05) is 23.0 Å². The summed E-state index contributed by atoms with van der Waals surface area (Å²) in [6.07, 6.45) is 6.96. The number of thiophene rings is 1. The molecular weight excluding hydrogens is 296 g/mol. The third-order valence-corrected chi connectivity index (χ3v) is 4.93. The topological polar surface area (TPSA) is 62.2 Å². The third-order valence-electron chi connectivity index (χ3n) is 4.20. The number of hydrogen-bond acceptors (Lipinski definition) is 4. The van der Waals surface area contributed by atoms with Crippen molar-refractivity contribution in [3.8, 4) is 0 Å². The van der Waals surface area contributed by atoms with Gasteiger partial charge in [-0.05, 0) is 71.7 Å². The van der Waals surface area contributed by atoms with Gasteiger partial charge in [-0.2, -0.15) is 11.3 Å². The summed E-state index contributed by atoms with van der Waals surface area (Å²) in [5.74, 6) is -0.809. The lowest BCUT2D eigenvalue weighted by molar-refractivity contribution is -0.139. The van der Waals surface area contributed by atoms with Crippen LogP contribution in [0.5, 0.6) is 0 Å². The van der Waals surface area contributed by atoms with E-state index in [1.165, 1.54) is 24.0 Å². The summed E-state index contributed by atoms with van der Waals surface area (Å²) in [7, 11) is 0. The highest BCUT2D eigenvalue weighted by molar-refractivity contribution is 7.07. The minimum Gasteiger partial charge on any atom is -0.480 e. The minimum atomic E-state index is -0.809. The zero-order valence-corrected chi connectivity index (χ0v) is 13.2. The Labute approximate surface area is 134 Å². The number of pyridine rings is 1. The summed E-state index contributed by atoms with van der Waals surface area (Å²) < 4.78 is 0. The average molecular weight is 316 g/mol. The Morgan fingerprint density at radius 1 is 1.36 bits per heavy atom. The second kappa shape index (κ2) is 7.03. The van der Waals surface area contributed by atoms with Crippen LogP contribution in [0.2, 0.25) is 0 Å². The summed E-state index contributed by atoms with van der Waals surface area (Å²) in [5.41, 5.74) is 4.77. The molecular formula is C17H20N2O2S. The zero-order valence-electron chi connectivity index (χ0n) is 12.4. The molecule has 2 aromatic rings. The SMILES string of the molecule is O=C(O)C(Cc1ccsc1)NCc1nccc2c1CCCC2. The molecule has 0 aromatic carbocycles. The number of nitrogens with zero attached hydrogens (tertiary/aromatic N) is 1. The Morgan fingerprint density at radius 2 is 2.23 bits per heavy atom. The first-order chi connectivity index (χ1) is 10.7. The van der Waals surface area contributed by atoms with Gasteiger partial charge in [-0.3, -0.25) is 15.1 Å². The van der Waals surface area contributed by atoms with Gasteiger partial charge >= 0.3 is 5.97 Å². The van der Waals surface area contributed by atoms with Crippen molar-refractivity contribution in [2.75, 3.05) is 0 Å². The molecule has 0 fully saturated rings. The Bertz CT molecular complexity index is 640. The van der Waals surface area contributed by atoms with E-state index in [0.717, 1.165) is 24.1 Å². The molecule has 2 N–H and O–H groups in total. The van der Waals surface area contributed by atoms with E-state index in [4.69, 9.17) is 0 Å². The van der Waals surface area contributed by atoms with Crippen molar-refractivity contribution < 1.29 is 9.90 Å². The highest BCUT2D eigenvalue weighted by atomic mass is 32.1. The molecule has 1 unspecified atom stereocenters. The fourth-order valence-electron chi connectivity index (χ4n) is 3.00. The maximum absolute atomic E-state index is 11.5. The van der Waals surface area contributed by atoms with Crippen LogP contribution in [-0.4, -0.2) is 22.1 Å². The molecule has 0 radical (unpaired) electrons. The second-order valence-corrected chi connectivity index (χ2v) is 6.49. The second-order valence-electron chi connectivity index (χ2n) is 5.71. The lowest BCUT2D eigenvalue weighted by Gasteiger charge is -2.20. The first-order valence-corrected chi connectivity index (χ1v) is 8.61. The molecule has 1 aliphatic rings. The van der Waals surface area contributed by atoms with Crippen LogP contribution >= 0.6 is 11.3 Å². The lowest BCUT2D eigenvalue weighted by Crippen LogP contribution is -2.38. The molecule has 0 aliphatic heterocycles. The Morgan fingerprint density at radius 3 is 3.00 bits per heavy atom. The molecule has 0 saturated heterocycles. The van der Waals surface area contributed by atoms with Crippen molar-refractivity contribution >= 4 is 17.3 Å². The number of aromatic nitrogens is 1. The van der Waals surface area contributed by atoms with Gasteiger partial charge in [0.05, 0.1) is 5.69 Å². The number of rotatable bonds is 6. The first kappa shape index (κ1) is 15.2. The van der Waals surface area contributed by atoms with E-state index in [0.29, 0.717) is 13.0 Å². The molecule has 0 saturated carbocycles. The van der Waals surface area contributed by atoms with Crippen molar-refractivity contribution in [1.29, 1.82) is 0 Å². The van der Waals surface area contributed by atoms with E-state index in [-0.39, 0.29) is 0 Å². The number of carbonyl (C=O) groups is 1. The molecule has 2 aromatic heterocycles. The lowest BCUT2D eigenvalue weighted by atomic mass is 9.91. The molecule has 4 nitrogen and oxygen atoms in total. The number of carboxylic acids is 1. The molecule has 1 atom stereocenters. The number of fused-ring (bicyclic) bond motifs is 1. The highest BCUT2D eigenvalue weighted by Gasteiger charge is 2.20. The molecule has 0 amide bonds. The third kappa shape index (κ3) is 3.54. The number of hydrogen-bond donors (Lipinski definition) is 2. The highest BCUT2D eigenvalue weighted by Crippen LogP contribution is 2.23. The van der Waals surface area contributed by atoms with E-state index in [2.05, 4.69) is 16.4 Å². The fraction of sp³-hybridized carbons (Fsp3) is 0.412. The quantitative estimate of drug-likeness (QED) is 0.860. The predicted molar refractivity (Wildman–Crippen MR) is 87.2 cm³/mol. The Hall–Kier alpha value is -1.72. The molecule has 116 valence electrons. The van der Waals surface area contributed by atoms with Gasteiger partial charge in [-0.25, -0.2) is 0 Å². The van der Waals surface area contributed by atoms with Crippen LogP contribution in [0.3, 0.4) is 0 Å². The van der Waals surface area contributed by atoms with Crippen molar-refractivity contribution in [3.63, 3.8) is 0 Å². The molecule has 3 rings (SSSR count). The van der Waals surface area contributed by atoms with Crippen LogP contribution in [0.25, 0.3) is 0 Å². The molecule has 2 heterocycles. The van der Waals surface area contributed by atoms with Gasteiger partial charge in [0, 0.05) is 12.7 Å². The van der Waals surface area contributed by atoms with E-state index < -0.39 is 12.0 Å². The molecule has 22 heavy (non-hydrogen) atoms. The van der Waals surface area contributed by atoms with Gasteiger partial charge in [0.15, 0.2) is 0 Å². The fourth-order valence-corrected chi connectivity index (χ4v) is 3.68. The smallest absolute Gasteiger partial charge is 0.321 e. The van der Waals surface area contributed by atoms with Crippen LogP contribution in [-0.2, 0) is 30.6 Å². The van der Waals surface area contributed by atoms with Crippen molar-refractivity contribution in [1.82, 2.24) is 10.3 Å². The molecule has 0 spiro atoms. The van der Waals surface area contributed by atoms with E-state index in [9.17, 15) is 9.90 Å². The summed E-state index contributed by atoms with van der Waals surface area (Å²) in [4.78, 5) is 15.9. The number of aryl methyl sites for hydroxylation is 1. The Balaban J connectivity index is 1.68.